The number of carboxylic acids is 1. The van der Waals surface area contributed by atoms with Crippen LogP contribution in [0.25, 0.3) is 16.9 Å². The number of phenolic OH excluding ortho intramolecular Hbond substituents is 2. The Bertz CT molecular complexity index is 937. The number of aromatic hydroxyl groups is 2. The molecule has 0 unspecified atom stereocenters. The van der Waals surface area contributed by atoms with Gasteiger partial charge in [0.1, 0.15) is 23.0 Å². The highest BCUT2D eigenvalue weighted by molar-refractivity contribution is 5.72. The monoisotopic (exact) mass is 342 g/mol. The van der Waals surface area contributed by atoms with Crippen LogP contribution in [0.4, 0.5) is 4.39 Å². The summed E-state index contributed by atoms with van der Waals surface area (Å²) in [6.45, 7) is 0. The van der Waals surface area contributed by atoms with Crippen molar-refractivity contribution in [3.8, 4) is 28.4 Å². The molecule has 0 saturated carbocycles. The molecule has 0 atom stereocenters. The van der Waals surface area contributed by atoms with E-state index in [-0.39, 0.29) is 30.0 Å². The predicted molar refractivity (Wildman–Crippen MR) is 88.2 cm³/mol. The third-order valence-corrected chi connectivity index (χ3v) is 3.80. The summed E-state index contributed by atoms with van der Waals surface area (Å²) in [5.41, 5.74) is 1.32. The lowest BCUT2D eigenvalue weighted by Crippen LogP contribution is -2.02. The molecule has 0 spiro atoms. The predicted octanol–water partition coefficient (Wildman–Crippen LogP) is 3.11. The lowest BCUT2D eigenvalue weighted by molar-refractivity contribution is -0.136. The van der Waals surface area contributed by atoms with Crippen LogP contribution in [0, 0.1) is 5.82 Å². The summed E-state index contributed by atoms with van der Waals surface area (Å²) in [4.78, 5) is 10.8. The van der Waals surface area contributed by atoms with Crippen LogP contribution in [-0.2, 0) is 11.2 Å². The standard InChI is InChI=1S/C18H15FN2O4/c19-13-3-1-2-4-15(13)21-14(7-8-20-21)12-9-11(5-6-18(24)25)16(22)10-17(12)23/h1-4,7-10,22-23H,5-6H2,(H,24,25). The third-order valence-electron chi connectivity index (χ3n) is 3.80. The van der Waals surface area contributed by atoms with Gasteiger partial charge in [0.15, 0.2) is 0 Å². The molecule has 0 fully saturated rings. The largest absolute Gasteiger partial charge is 0.508 e. The Morgan fingerprint density at radius 3 is 2.60 bits per heavy atom. The minimum Gasteiger partial charge on any atom is -0.508 e. The average molecular weight is 342 g/mol. The van der Waals surface area contributed by atoms with Gasteiger partial charge < -0.3 is 15.3 Å². The zero-order valence-corrected chi connectivity index (χ0v) is 13.1. The van der Waals surface area contributed by atoms with E-state index in [1.54, 1.807) is 24.3 Å². The summed E-state index contributed by atoms with van der Waals surface area (Å²) in [5, 5.41) is 33.0. The summed E-state index contributed by atoms with van der Waals surface area (Å²) in [6, 6.07) is 10.3. The van der Waals surface area contributed by atoms with E-state index < -0.39 is 11.8 Å². The molecule has 0 aliphatic carbocycles. The van der Waals surface area contributed by atoms with Gasteiger partial charge in [-0.15, -0.1) is 0 Å². The van der Waals surface area contributed by atoms with E-state index in [0.717, 1.165) is 6.07 Å². The number of nitrogens with zero attached hydrogens (tertiary/aromatic N) is 2. The number of rotatable bonds is 5. The van der Waals surface area contributed by atoms with Crippen molar-refractivity contribution in [1.29, 1.82) is 0 Å². The van der Waals surface area contributed by atoms with Gasteiger partial charge in [0, 0.05) is 18.1 Å². The Hall–Kier alpha value is -3.35. The van der Waals surface area contributed by atoms with Gasteiger partial charge >= 0.3 is 5.97 Å². The van der Waals surface area contributed by atoms with Crippen molar-refractivity contribution in [3.63, 3.8) is 0 Å². The maximum Gasteiger partial charge on any atom is 0.303 e. The normalized spacial score (nSPS) is 10.8. The molecule has 1 aromatic heterocycles. The van der Waals surface area contributed by atoms with E-state index in [0.29, 0.717) is 16.8 Å². The molecule has 0 amide bonds. The number of halogens is 1. The molecule has 2 aromatic carbocycles. The number of benzene rings is 2. The Kier molecular flexibility index (Phi) is 4.38. The quantitative estimate of drug-likeness (QED) is 0.662. The van der Waals surface area contributed by atoms with Gasteiger partial charge in [0.05, 0.1) is 11.9 Å². The van der Waals surface area contributed by atoms with Crippen molar-refractivity contribution in [3.05, 3.63) is 60.0 Å². The van der Waals surface area contributed by atoms with E-state index >= 15 is 0 Å². The number of carboxylic acid groups (broad SMARTS) is 1. The first-order chi connectivity index (χ1) is 12.0. The highest BCUT2D eigenvalue weighted by Crippen LogP contribution is 2.36. The van der Waals surface area contributed by atoms with E-state index in [2.05, 4.69) is 5.10 Å². The maximum absolute atomic E-state index is 14.1. The summed E-state index contributed by atoms with van der Waals surface area (Å²) in [5.74, 6) is -1.88. The topological polar surface area (TPSA) is 95.6 Å². The van der Waals surface area contributed by atoms with E-state index in [4.69, 9.17) is 5.11 Å². The van der Waals surface area contributed by atoms with Gasteiger partial charge in [-0.25, -0.2) is 9.07 Å². The Balaban J connectivity index is 2.09. The molecule has 0 bridgehead atoms. The molecule has 7 heteroatoms. The molecule has 3 N–H and O–H groups in total. The number of phenols is 2. The minimum absolute atomic E-state index is 0.0995. The first kappa shape index (κ1) is 16.5. The second kappa shape index (κ2) is 6.64. The van der Waals surface area contributed by atoms with Gasteiger partial charge in [-0.2, -0.15) is 5.10 Å². The van der Waals surface area contributed by atoms with Gasteiger partial charge in [0.2, 0.25) is 0 Å². The molecule has 128 valence electrons. The molecule has 0 aliphatic heterocycles. The number of aliphatic carboxylic acids is 1. The number of aromatic nitrogens is 2. The van der Waals surface area contributed by atoms with E-state index in [1.165, 1.54) is 23.0 Å². The molecular weight excluding hydrogens is 327 g/mol. The first-order valence-electron chi connectivity index (χ1n) is 7.53. The van der Waals surface area contributed by atoms with Crippen molar-refractivity contribution in [1.82, 2.24) is 9.78 Å². The lowest BCUT2D eigenvalue weighted by atomic mass is 10.0. The van der Waals surface area contributed by atoms with Gasteiger partial charge in [-0.3, -0.25) is 4.79 Å². The number of aryl methyl sites for hydroxylation is 1. The minimum atomic E-state index is -0.995. The number of hydrogen-bond donors (Lipinski definition) is 3. The molecular formula is C18H15FN2O4. The second-order valence-electron chi connectivity index (χ2n) is 5.47. The van der Waals surface area contributed by atoms with Crippen molar-refractivity contribution in [2.45, 2.75) is 12.8 Å². The molecule has 25 heavy (non-hydrogen) atoms. The third kappa shape index (κ3) is 3.30. The highest BCUT2D eigenvalue weighted by Gasteiger charge is 2.17. The van der Waals surface area contributed by atoms with Crippen LogP contribution in [0.5, 0.6) is 11.5 Å². The summed E-state index contributed by atoms with van der Waals surface area (Å²) >= 11 is 0. The Morgan fingerprint density at radius 2 is 1.88 bits per heavy atom. The molecule has 6 nitrogen and oxygen atoms in total. The fourth-order valence-electron chi connectivity index (χ4n) is 2.59. The highest BCUT2D eigenvalue weighted by atomic mass is 19.1. The SMILES string of the molecule is O=C(O)CCc1cc(-c2ccnn2-c2ccccc2F)c(O)cc1O. The van der Waals surface area contributed by atoms with Gasteiger partial charge in [-0.05, 0) is 36.2 Å². The molecule has 0 radical (unpaired) electrons. The number of para-hydroxylation sites is 1. The van der Waals surface area contributed by atoms with Crippen LogP contribution in [0.2, 0.25) is 0 Å². The fourth-order valence-corrected chi connectivity index (χ4v) is 2.59. The summed E-state index contributed by atoms with van der Waals surface area (Å²) in [7, 11) is 0. The van der Waals surface area contributed by atoms with Crippen LogP contribution in [0.15, 0.2) is 48.7 Å². The van der Waals surface area contributed by atoms with Crippen LogP contribution < -0.4 is 0 Å². The number of carbonyl (C=O) groups is 1. The van der Waals surface area contributed by atoms with Crippen LogP contribution >= 0.6 is 0 Å². The van der Waals surface area contributed by atoms with Crippen LogP contribution in [0.1, 0.15) is 12.0 Å². The molecule has 0 aliphatic rings. The summed E-state index contributed by atoms with van der Waals surface area (Å²) in [6.07, 6.45) is 1.40. The second-order valence-corrected chi connectivity index (χ2v) is 5.47. The fraction of sp³-hybridized carbons (Fsp3) is 0.111. The van der Waals surface area contributed by atoms with E-state index in [9.17, 15) is 19.4 Å². The Morgan fingerprint density at radius 1 is 1.12 bits per heavy atom. The van der Waals surface area contributed by atoms with Crippen molar-refractivity contribution in [2.75, 3.05) is 0 Å². The van der Waals surface area contributed by atoms with Crippen LogP contribution in [-0.4, -0.2) is 31.1 Å². The maximum atomic E-state index is 14.1. The molecule has 1 heterocycles. The first-order valence-corrected chi connectivity index (χ1v) is 7.53. The zero-order chi connectivity index (χ0) is 18.0. The summed E-state index contributed by atoms with van der Waals surface area (Å²) < 4.78 is 15.4. The average Bonchev–Trinajstić information content (AvgIpc) is 3.03. The van der Waals surface area contributed by atoms with Crippen LogP contribution in [0.3, 0.4) is 0 Å². The zero-order valence-electron chi connectivity index (χ0n) is 13.1. The Labute approximate surface area is 142 Å². The number of hydrogen-bond acceptors (Lipinski definition) is 4. The smallest absolute Gasteiger partial charge is 0.303 e. The van der Waals surface area contributed by atoms with Gasteiger partial charge in [-0.1, -0.05) is 12.1 Å². The van der Waals surface area contributed by atoms with Crippen molar-refractivity contribution in [2.24, 2.45) is 0 Å². The van der Waals surface area contributed by atoms with Gasteiger partial charge in [0.25, 0.3) is 0 Å². The molecule has 0 saturated heterocycles. The molecule has 3 rings (SSSR count). The molecule has 3 aromatic rings. The lowest BCUT2D eigenvalue weighted by Gasteiger charge is -2.12. The van der Waals surface area contributed by atoms with E-state index in [1.807, 2.05) is 0 Å². The van der Waals surface area contributed by atoms with Crippen molar-refractivity contribution < 1.29 is 24.5 Å². The van der Waals surface area contributed by atoms with Crippen molar-refractivity contribution >= 4 is 5.97 Å².